The van der Waals surface area contributed by atoms with Crippen molar-refractivity contribution in [2.75, 3.05) is 17.1 Å². The van der Waals surface area contributed by atoms with Crippen LogP contribution in [0.2, 0.25) is 5.15 Å². The fourth-order valence-electron chi connectivity index (χ4n) is 2.04. The number of rotatable bonds is 6. The van der Waals surface area contributed by atoms with Gasteiger partial charge in [-0.2, -0.15) is 0 Å². The number of aryl methyl sites for hydroxylation is 1. The summed E-state index contributed by atoms with van der Waals surface area (Å²) in [5.41, 5.74) is 1.86. The molecule has 0 saturated carbocycles. The van der Waals surface area contributed by atoms with Crippen molar-refractivity contribution in [3.05, 3.63) is 58.9 Å². The van der Waals surface area contributed by atoms with Gasteiger partial charge in [0.25, 0.3) is 0 Å². The third kappa shape index (κ3) is 4.94. The Hall–Kier alpha value is -2.12. The predicted octanol–water partition coefficient (Wildman–Crippen LogP) is 2.55. The molecule has 0 radical (unpaired) electrons. The van der Waals surface area contributed by atoms with Crippen molar-refractivity contribution in [3.63, 3.8) is 0 Å². The van der Waals surface area contributed by atoms with E-state index >= 15 is 0 Å². The highest BCUT2D eigenvalue weighted by Gasteiger charge is 2.22. The SMILES string of the molecule is Cc1ccccc1N(CC(=O)OCc1ccc(Cl)nc1)S(C)(=O)=O. The molecule has 2 aromatic rings. The first-order valence-corrected chi connectivity index (χ1v) is 9.29. The number of esters is 1. The first kappa shape index (κ1) is 18.2. The number of carbonyl (C=O) groups is 1. The number of aromatic nitrogens is 1. The number of hydrogen-bond acceptors (Lipinski definition) is 5. The predicted molar refractivity (Wildman–Crippen MR) is 92.4 cm³/mol. The van der Waals surface area contributed by atoms with Crippen molar-refractivity contribution in [2.24, 2.45) is 0 Å². The van der Waals surface area contributed by atoms with Gasteiger partial charge in [-0.05, 0) is 24.6 Å². The molecular formula is C16H17ClN2O4S. The summed E-state index contributed by atoms with van der Waals surface area (Å²) in [6.45, 7) is 1.37. The molecule has 0 unspecified atom stereocenters. The molecule has 1 aromatic carbocycles. The van der Waals surface area contributed by atoms with Gasteiger partial charge in [0, 0.05) is 11.8 Å². The molecule has 0 spiro atoms. The van der Waals surface area contributed by atoms with E-state index in [-0.39, 0.29) is 6.61 Å². The van der Waals surface area contributed by atoms with Crippen LogP contribution in [0.4, 0.5) is 5.69 Å². The quantitative estimate of drug-likeness (QED) is 0.578. The zero-order chi connectivity index (χ0) is 17.7. The molecule has 2 rings (SSSR count). The Labute approximate surface area is 146 Å². The molecule has 24 heavy (non-hydrogen) atoms. The van der Waals surface area contributed by atoms with Crippen molar-refractivity contribution >= 4 is 33.3 Å². The highest BCUT2D eigenvalue weighted by Crippen LogP contribution is 2.22. The van der Waals surface area contributed by atoms with Gasteiger partial charge in [0.1, 0.15) is 18.3 Å². The minimum Gasteiger partial charge on any atom is -0.459 e. The summed E-state index contributed by atoms with van der Waals surface area (Å²) in [6, 6.07) is 10.2. The third-order valence-electron chi connectivity index (χ3n) is 3.25. The van der Waals surface area contributed by atoms with Crippen LogP contribution >= 0.6 is 11.6 Å². The Morgan fingerprint density at radius 2 is 1.96 bits per heavy atom. The minimum absolute atomic E-state index is 0.00558. The van der Waals surface area contributed by atoms with Crippen LogP contribution in [-0.4, -0.2) is 32.2 Å². The zero-order valence-corrected chi connectivity index (χ0v) is 14.8. The van der Waals surface area contributed by atoms with Gasteiger partial charge in [0.05, 0.1) is 11.9 Å². The van der Waals surface area contributed by atoms with Crippen LogP contribution in [0.1, 0.15) is 11.1 Å². The maximum absolute atomic E-state index is 12.1. The number of benzene rings is 1. The fraction of sp³-hybridized carbons (Fsp3) is 0.250. The van der Waals surface area contributed by atoms with Crippen molar-refractivity contribution in [2.45, 2.75) is 13.5 Å². The number of pyridine rings is 1. The van der Waals surface area contributed by atoms with Crippen LogP contribution in [-0.2, 0) is 26.2 Å². The van der Waals surface area contributed by atoms with E-state index in [1.807, 2.05) is 0 Å². The van der Waals surface area contributed by atoms with Crippen molar-refractivity contribution < 1.29 is 17.9 Å². The molecule has 0 aliphatic heterocycles. The monoisotopic (exact) mass is 368 g/mol. The standard InChI is InChI=1S/C16H17ClN2O4S/c1-12-5-3-4-6-14(12)19(24(2,21)22)10-16(20)23-11-13-7-8-15(17)18-9-13/h3-9H,10-11H2,1-2H3. The second-order valence-electron chi connectivity index (χ2n) is 5.21. The lowest BCUT2D eigenvalue weighted by molar-refractivity contribution is -0.143. The average molecular weight is 369 g/mol. The van der Waals surface area contributed by atoms with Crippen LogP contribution in [0.25, 0.3) is 0 Å². The highest BCUT2D eigenvalue weighted by molar-refractivity contribution is 7.92. The maximum Gasteiger partial charge on any atom is 0.327 e. The summed E-state index contributed by atoms with van der Waals surface area (Å²) < 4.78 is 30.2. The van der Waals surface area contributed by atoms with Crippen molar-refractivity contribution in [1.29, 1.82) is 0 Å². The zero-order valence-electron chi connectivity index (χ0n) is 13.3. The topological polar surface area (TPSA) is 76.6 Å². The van der Waals surface area contributed by atoms with E-state index in [2.05, 4.69) is 4.98 Å². The van der Waals surface area contributed by atoms with Crippen LogP contribution in [0.15, 0.2) is 42.6 Å². The van der Waals surface area contributed by atoms with E-state index in [4.69, 9.17) is 16.3 Å². The summed E-state index contributed by atoms with van der Waals surface area (Å²) in [5, 5.41) is 0.341. The molecule has 0 saturated heterocycles. The number of ether oxygens (including phenoxy) is 1. The first-order chi connectivity index (χ1) is 11.3. The Bertz CT molecular complexity index is 822. The third-order valence-corrected chi connectivity index (χ3v) is 4.60. The number of carbonyl (C=O) groups excluding carboxylic acids is 1. The van der Waals surface area contributed by atoms with Gasteiger partial charge in [-0.3, -0.25) is 9.10 Å². The summed E-state index contributed by atoms with van der Waals surface area (Å²) >= 11 is 5.68. The van der Waals surface area contributed by atoms with Gasteiger partial charge in [-0.1, -0.05) is 35.9 Å². The number of nitrogens with zero attached hydrogens (tertiary/aromatic N) is 2. The van der Waals surface area contributed by atoms with E-state index in [1.165, 1.54) is 6.20 Å². The molecule has 0 N–H and O–H groups in total. The van der Waals surface area contributed by atoms with Crippen LogP contribution < -0.4 is 4.31 Å². The normalized spacial score (nSPS) is 11.1. The Morgan fingerprint density at radius 3 is 2.54 bits per heavy atom. The smallest absolute Gasteiger partial charge is 0.327 e. The van der Waals surface area contributed by atoms with E-state index in [1.54, 1.807) is 43.3 Å². The lowest BCUT2D eigenvalue weighted by Gasteiger charge is -2.23. The maximum atomic E-state index is 12.1. The summed E-state index contributed by atoms with van der Waals surface area (Å²) in [7, 11) is -3.62. The number of sulfonamides is 1. The van der Waals surface area contributed by atoms with E-state index in [9.17, 15) is 13.2 Å². The Kier molecular flexibility index (Phi) is 5.80. The molecule has 128 valence electrons. The molecule has 8 heteroatoms. The summed E-state index contributed by atoms with van der Waals surface area (Å²) in [4.78, 5) is 15.9. The van der Waals surface area contributed by atoms with Gasteiger partial charge in [-0.25, -0.2) is 13.4 Å². The van der Waals surface area contributed by atoms with Crippen molar-refractivity contribution in [3.8, 4) is 0 Å². The average Bonchev–Trinajstić information content (AvgIpc) is 2.52. The minimum atomic E-state index is -3.62. The van der Waals surface area contributed by atoms with E-state index in [0.29, 0.717) is 16.4 Å². The molecule has 1 aromatic heterocycles. The van der Waals surface area contributed by atoms with E-state index < -0.39 is 22.5 Å². The molecule has 0 atom stereocenters. The van der Waals surface area contributed by atoms with E-state index in [0.717, 1.165) is 16.1 Å². The number of hydrogen-bond donors (Lipinski definition) is 0. The van der Waals surface area contributed by atoms with Crippen LogP contribution in [0.3, 0.4) is 0 Å². The van der Waals surface area contributed by atoms with Crippen LogP contribution in [0.5, 0.6) is 0 Å². The summed E-state index contributed by atoms with van der Waals surface area (Å²) in [6.07, 6.45) is 2.54. The molecule has 0 bridgehead atoms. The van der Waals surface area contributed by atoms with Gasteiger partial charge in [-0.15, -0.1) is 0 Å². The second kappa shape index (κ2) is 7.63. The van der Waals surface area contributed by atoms with Gasteiger partial charge in [0.15, 0.2) is 0 Å². The van der Waals surface area contributed by atoms with Gasteiger partial charge in [0.2, 0.25) is 10.0 Å². The Balaban J connectivity index is 2.08. The van der Waals surface area contributed by atoms with Crippen LogP contribution in [0, 0.1) is 6.92 Å². The molecule has 6 nitrogen and oxygen atoms in total. The highest BCUT2D eigenvalue weighted by atomic mass is 35.5. The first-order valence-electron chi connectivity index (χ1n) is 7.07. The largest absolute Gasteiger partial charge is 0.459 e. The number of para-hydroxylation sites is 1. The molecular weight excluding hydrogens is 352 g/mol. The fourth-order valence-corrected chi connectivity index (χ4v) is 3.06. The lowest BCUT2D eigenvalue weighted by atomic mass is 10.2. The molecule has 1 heterocycles. The number of halogens is 1. The van der Waals surface area contributed by atoms with Gasteiger partial charge < -0.3 is 4.74 Å². The molecule has 0 fully saturated rings. The summed E-state index contributed by atoms with van der Waals surface area (Å²) in [5.74, 6) is -0.654. The molecule has 0 aliphatic rings. The van der Waals surface area contributed by atoms with Gasteiger partial charge >= 0.3 is 5.97 Å². The number of anilines is 1. The molecule has 0 aliphatic carbocycles. The molecule has 0 amide bonds. The lowest BCUT2D eigenvalue weighted by Crippen LogP contribution is -2.36. The Morgan fingerprint density at radius 1 is 1.25 bits per heavy atom. The second-order valence-corrected chi connectivity index (χ2v) is 7.50. The van der Waals surface area contributed by atoms with Crippen molar-refractivity contribution in [1.82, 2.24) is 4.98 Å².